The molecular weight excluding hydrogens is 293 g/mol. The molecule has 0 unspecified atom stereocenters. The molecule has 3 rings (SSSR count). The zero-order valence-corrected chi connectivity index (χ0v) is 13.6. The van der Waals surface area contributed by atoms with Gasteiger partial charge in [-0.05, 0) is 25.0 Å². The van der Waals surface area contributed by atoms with E-state index in [-0.39, 0.29) is 11.7 Å². The molecule has 1 saturated heterocycles. The molecule has 1 saturated carbocycles. The number of benzene rings is 1. The number of halogens is 1. The van der Waals surface area contributed by atoms with Crippen molar-refractivity contribution in [3.8, 4) is 0 Å². The molecule has 4 nitrogen and oxygen atoms in total. The van der Waals surface area contributed by atoms with Crippen LogP contribution in [-0.2, 0) is 4.79 Å². The van der Waals surface area contributed by atoms with Gasteiger partial charge in [-0.3, -0.25) is 4.79 Å². The van der Waals surface area contributed by atoms with E-state index in [0.717, 1.165) is 0 Å². The molecule has 1 heterocycles. The quantitative estimate of drug-likeness (QED) is 0.926. The van der Waals surface area contributed by atoms with Crippen LogP contribution >= 0.6 is 0 Å². The fourth-order valence-corrected chi connectivity index (χ4v) is 3.56. The predicted octanol–water partition coefficient (Wildman–Crippen LogP) is 2.40. The third-order valence-corrected chi connectivity index (χ3v) is 4.97. The van der Waals surface area contributed by atoms with Gasteiger partial charge in [0, 0.05) is 32.2 Å². The van der Waals surface area contributed by atoms with Crippen molar-refractivity contribution in [1.82, 2.24) is 10.2 Å². The number of carbonyl (C=O) groups excluding carboxylic acids is 1. The van der Waals surface area contributed by atoms with E-state index in [4.69, 9.17) is 0 Å². The Morgan fingerprint density at radius 2 is 1.78 bits per heavy atom. The van der Waals surface area contributed by atoms with Gasteiger partial charge in [0.05, 0.1) is 12.2 Å². The molecule has 1 N–H and O–H groups in total. The highest BCUT2D eigenvalue weighted by Gasteiger charge is 2.23. The second kappa shape index (κ2) is 7.77. The van der Waals surface area contributed by atoms with Gasteiger partial charge in [0.15, 0.2) is 0 Å². The van der Waals surface area contributed by atoms with Crippen molar-refractivity contribution in [2.45, 2.75) is 38.1 Å². The summed E-state index contributed by atoms with van der Waals surface area (Å²) in [5.41, 5.74) is 0.639. The molecule has 2 fully saturated rings. The van der Waals surface area contributed by atoms with Gasteiger partial charge in [0.25, 0.3) is 0 Å². The summed E-state index contributed by atoms with van der Waals surface area (Å²) >= 11 is 0. The Morgan fingerprint density at radius 3 is 2.48 bits per heavy atom. The molecule has 126 valence electrons. The van der Waals surface area contributed by atoms with Gasteiger partial charge >= 0.3 is 0 Å². The zero-order chi connectivity index (χ0) is 16.1. The smallest absolute Gasteiger partial charge is 0.236 e. The number of piperazine rings is 1. The molecule has 0 atom stereocenters. The lowest BCUT2D eigenvalue weighted by molar-refractivity contribution is -0.130. The van der Waals surface area contributed by atoms with E-state index in [1.807, 2.05) is 15.9 Å². The van der Waals surface area contributed by atoms with Gasteiger partial charge in [-0.1, -0.05) is 31.4 Å². The fourth-order valence-electron chi connectivity index (χ4n) is 3.56. The van der Waals surface area contributed by atoms with Crippen molar-refractivity contribution in [3.05, 3.63) is 30.1 Å². The lowest BCUT2D eigenvalue weighted by atomic mass is 9.95. The molecule has 23 heavy (non-hydrogen) atoms. The Morgan fingerprint density at radius 1 is 1.09 bits per heavy atom. The predicted molar refractivity (Wildman–Crippen MR) is 90.1 cm³/mol. The number of para-hydroxylation sites is 1. The Labute approximate surface area is 137 Å². The van der Waals surface area contributed by atoms with E-state index in [1.165, 1.54) is 38.2 Å². The van der Waals surface area contributed by atoms with Crippen LogP contribution in [0.5, 0.6) is 0 Å². The molecule has 2 aliphatic rings. The van der Waals surface area contributed by atoms with Crippen LogP contribution in [0, 0.1) is 5.82 Å². The van der Waals surface area contributed by atoms with Crippen LogP contribution < -0.4 is 10.2 Å². The van der Waals surface area contributed by atoms with Crippen LogP contribution in [0.25, 0.3) is 0 Å². The van der Waals surface area contributed by atoms with Gasteiger partial charge < -0.3 is 15.1 Å². The van der Waals surface area contributed by atoms with Gasteiger partial charge in [0.2, 0.25) is 5.91 Å². The number of hydrogen-bond donors (Lipinski definition) is 1. The van der Waals surface area contributed by atoms with Crippen molar-refractivity contribution in [1.29, 1.82) is 0 Å². The van der Waals surface area contributed by atoms with E-state index < -0.39 is 0 Å². The summed E-state index contributed by atoms with van der Waals surface area (Å²) in [6.45, 7) is 3.15. The normalized spacial score (nSPS) is 19.9. The van der Waals surface area contributed by atoms with E-state index in [2.05, 4.69) is 5.32 Å². The first-order valence-electron chi connectivity index (χ1n) is 8.74. The average molecular weight is 319 g/mol. The number of rotatable bonds is 4. The van der Waals surface area contributed by atoms with Crippen molar-refractivity contribution in [3.63, 3.8) is 0 Å². The SMILES string of the molecule is O=C(CNC1CCCCC1)N1CCN(c2ccccc2F)CC1. The number of nitrogens with one attached hydrogen (secondary N) is 1. The maximum absolute atomic E-state index is 13.8. The highest BCUT2D eigenvalue weighted by molar-refractivity contribution is 5.78. The second-order valence-corrected chi connectivity index (χ2v) is 6.54. The van der Waals surface area contributed by atoms with Crippen molar-refractivity contribution in [2.24, 2.45) is 0 Å². The molecule has 1 aromatic rings. The van der Waals surface area contributed by atoms with Crippen LogP contribution in [0.4, 0.5) is 10.1 Å². The van der Waals surface area contributed by atoms with Gasteiger partial charge in [-0.15, -0.1) is 0 Å². The van der Waals surface area contributed by atoms with E-state index in [0.29, 0.717) is 44.5 Å². The monoisotopic (exact) mass is 319 g/mol. The maximum atomic E-state index is 13.8. The standard InChI is InChI=1S/C18H26FN3O/c19-16-8-4-5-9-17(16)21-10-12-22(13-11-21)18(23)14-20-15-6-2-1-3-7-15/h4-5,8-9,15,20H,1-3,6-7,10-14H2. The minimum atomic E-state index is -0.189. The Hall–Kier alpha value is -1.62. The van der Waals surface area contributed by atoms with Crippen molar-refractivity contribution in [2.75, 3.05) is 37.6 Å². The minimum absolute atomic E-state index is 0.170. The van der Waals surface area contributed by atoms with Crippen LogP contribution in [0.3, 0.4) is 0 Å². The molecule has 5 heteroatoms. The fraction of sp³-hybridized carbons (Fsp3) is 0.611. The summed E-state index contributed by atoms with van der Waals surface area (Å²) in [5.74, 6) is -0.0185. The van der Waals surface area contributed by atoms with E-state index >= 15 is 0 Å². The van der Waals surface area contributed by atoms with E-state index in [9.17, 15) is 9.18 Å². The lowest BCUT2D eigenvalue weighted by Crippen LogP contribution is -2.51. The number of nitrogens with zero attached hydrogens (tertiary/aromatic N) is 2. The average Bonchev–Trinajstić information content (AvgIpc) is 2.61. The van der Waals surface area contributed by atoms with Crippen molar-refractivity contribution < 1.29 is 9.18 Å². The molecule has 1 aliphatic carbocycles. The van der Waals surface area contributed by atoms with Gasteiger partial charge in [-0.2, -0.15) is 0 Å². The molecule has 1 amide bonds. The Kier molecular flexibility index (Phi) is 5.49. The molecule has 0 spiro atoms. The summed E-state index contributed by atoms with van der Waals surface area (Å²) in [7, 11) is 0. The highest BCUT2D eigenvalue weighted by Crippen LogP contribution is 2.20. The van der Waals surface area contributed by atoms with Crippen LogP contribution in [0.15, 0.2) is 24.3 Å². The first-order chi connectivity index (χ1) is 11.2. The number of carbonyl (C=O) groups is 1. The molecule has 0 bridgehead atoms. The van der Waals surface area contributed by atoms with Crippen LogP contribution in [0.2, 0.25) is 0 Å². The zero-order valence-electron chi connectivity index (χ0n) is 13.6. The maximum Gasteiger partial charge on any atom is 0.236 e. The summed E-state index contributed by atoms with van der Waals surface area (Å²) in [6, 6.07) is 7.35. The molecular formula is C18H26FN3O. The number of anilines is 1. The second-order valence-electron chi connectivity index (χ2n) is 6.54. The largest absolute Gasteiger partial charge is 0.366 e. The molecule has 0 radical (unpaired) electrons. The highest BCUT2D eigenvalue weighted by atomic mass is 19.1. The third kappa shape index (κ3) is 4.22. The number of hydrogen-bond acceptors (Lipinski definition) is 3. The van der Waals surface area contributed by atoms with E-state index in [1.54, 1.807) is 12.1 Å². The first kappa shape index (κ1) is 16.2. The molecule has 0 aromatic heterocycles. The lowest BCUT2D eigenvalue weighted by Gasteiger charge is -2.36. The minimum Gasteiger partial charge on any atom is -0.366 e. The summed E-state index contributed by atoms with van der Waals surface area (Å²) in [6.07, 6.45) is 6.24. The third-order valence-electron chi connectivity index (χ3n) is 4.97. The van der Waals surface area contributed by atoms with Crippen LogP contribution in [-0.4, -0.2) is 49.6 Å². The topological polar surface area (TPSA) is 35.6 Å². The van der Waals surface area contributed by atoms with Crippen LogP contribution in [0.1, 0.15) is 32.1 Å². The Balaban J connectivity index is 1.45. The van der Waals surface area contributed by atoms with Gasteiger partial charge in [-0.25, -0.2) is 4.39 Å². The number of amides is 1. The summed E-state index contributed by atoms with van der Waals surface area (Å²) in [4.78, 5) is 16.2. The summed E-state index contributed by atoms with van der Waals surface area (Å²) < 4.78 is 13.8. The van der Waals surface area contributed by atoms with Gasteiger partial charge in [0.1, 0.15) is 5.82 Å². The summed E-state index contributed by atoms with van der Waals surface area (Å²) in [5, 5.41) is 3.41. The molecule has 1 aromatic carbocycles. The van der Waals surface area contributed by atoms with Crippen molar-refractivity contribution >= 4 is 11.6 Å². The Bertz CT molecular complexity index is 523. The first-order valence-corrected chi connectivity index (χ1v) is 8.74. The molecule has 1 aliphatic heterocycles.